The first-order valence-corrected chi connectivity index (χ1v) is 10.3. The number of halogens is 2. The SMILES string of the molecule is CC(=O)Oc1ccc2oc(-c3ccc(C=CC(=O)Nc4ccc(Br)cc4)c(F)c3)nc2c1. The van der Waals surface area contributed by atoms with Gasteiger partial charge in [-0.2, -0.15) is 0 Å². The fourth-order valence-electron chi connectivity index (χ4n) is 2.94. The third-order valence-electron chi connectivity index (χ3n) is 4.39. The van der Waals surface area contributed by atoms with Crippen LogP contribution in [0.3, 0.4) is 0 Å². The molecule has 0 saturated heterocycles. The number of aromatic nitrogens is 1. The Labute approximate surface area is 190 Å². The number of esters is 1. The van der Waals surface area contributed by atoms with E-state index in [4.69, 9.17) is 9.15 Å². The molecule has 0 atom stereocenters. The Morgan fingerprint density at radius 1 is 1.09 bits per heavy atom. The van der Waals surface area contributed by atoms with Crippen LogP contribution in [0.25, 0.3) is 28.6 Å². The molecule has 8 heteroatoms. The maximum Gasteiger partial charge on any atom is 0.308 e. The van der Waals surface area contributed by atoms with Gasteiger partial charge in [-0.05, 0) is 54.6 Å². The zero-order valence-corrected chi connectivity index (χ0v) is 18.4. The second-order valence-corrected chi connectivity index (χ2v) is 7.72. The van der Waals surface area contributed by atoms with Crippen molar-refractivity contribution in [2.75, 3.05) is 5.32 Å². The first kappa shape index (κ1) is 21.5. The highest BCUT2D eigenvalue weighted by Crippen LogP contribution is 2.28. The highest BCUT2D eigenvalue weighted by atomic mass is 79.9. The van der Waals surface area contributed by atoms with E-state index >= 15 is 0 Å². The van der Waals surface area contributed by atoms with Crippen molar-refractivity contribution in [3.63, 3.8) is 0 Å². The highest BCUT2D eigenvalue weighted by molar-refractivity contribution is 9.10. The number of oxazole rings is 1. The maximum absolute atomic E-state index is 14.6. The Kier molecular flexibility index (Phi) is 6.13. The molecule has 1 aromatic heterocycles. The molecular weight excluding hydrogens is 479 g/mol. The second kappa shape index (κ2) is 9.15. The summed E-state index contributed by atoms with van der Waals surface area (Å²) in [7, 11) is 0. The zero-order chi connectivity index (χ0) is 22.7. The van der Waals surface area contributed by atoms with E-state index < -0.39 is 11.8 Å². The largest absolute Gasteiger partial charge is 0.436 e. The molecule has 1 N–H and O–H groups in total. The third-order valence-corrected chi connectivity index (χ3v) is 4.92. The molecule has 0 spiro atoms. The molecule has 0 radical (unpaired) electrons. The summed E-state index contributed by atoms with van der Waals surface area (Å²) in [5.74, 6) is -0.777. The Bertz CT molecular complexity index is 1350. The van der Waals surface area contributed by atoms with E-state index in [2.05, 4.69) is 26.2 Å². The molecule has 4 aromatic rings. The van der Waals surface area contributed by atoms with Crippen LogP contribution < -0.4 is 10.1 Å². The van der Waals surface area contributed by atoms with Gasteiger partial charge in [0.15, 0.2) is 5.58 Å². The Morgan fingerprint density at radius 2 is 1.88 bits per heavy atom. The molecule has 0 aliphatic heterocycles. The number of amides is 1. The molecule has 0 fully saturated rings. The van der Waals surface area contributed by atoms with Gasteiger partial charge in [0.2, 0.25) is 11.8 Å². The summed E-state index contributed by atoms with van der Waals surface area (Å²) in [6.45, 7) is 1.31. The summed E-state index contributed by atoms with van der Waals surface area (Å²) in [5.41, 5.74) is 2.27. The van der Waals surface area contributed by atoms with Crippen molar-refractivity contribution >= 4 is 50.7 Å². The lowest BCUT2D eigenvalue weighted by atomic mass is 10.1. The number of benzene rings is 3. The van der Waals surface area contributed by atoms with E-state index in [0.717, 1.165) is 4.47 Å². The smallest absolute Gasteiger partial charge is 0.308 e. The number of nitrogens with zero attached hydrogens (tertiary/aromatic N) is 1. The van der Waals surface area contributed by atoms with Gasteiger partial charge in [0.1, 0.15) is 17.1 Å². The van der Waals surface area contributed by atoms with Crippen molar-refractivity contribution in [2.45, 2.75) is 6.92 Å². The van der Waals surface area contributed by atoms with E-state index in [0.29, 0.717) is 28.1 Å². The maximum atomic E-state index is 14.6. The van der Waals surface area contributed by atoms with E-state index in [1.807, 2.05) is 0 Å². The van der Waals surface area contributed by atoms with Crippen LogP contribution in [-0.4, -0.2) is 16.9 Å². The number of ether oxygens (including phenoxy) is 1. The lowest BCUT2D eigenvalue weighted by Crippen LogP contribution is -2.07. The fraction of sp³-hybridized carbons (Fsp3) is 0.0417. The minimum Gasteiger partial charge on any atom is -0.436 e. The highest BCUT2D eigenvalue weighted by Gasteiger charge is 2.12. The number of hydrogen-bond acceptors (Lipinski definition) is 5. The van der Waals surface area contributed by atoms with Gasteiger partial charge >= 0.3 is 5.97 Å². The number of carbonyl (C=O) groups is 2. The Hall–Kier alpha value is -3.78. The van der Waals surface area contributed by atoms with Crippen LogP contribution in [0.4, 0.5) is 10.1 Å². The van der Waals surface area contributed by atoms with E-state index in [-0.39, 0.29) is 17.4 Å². The number of hydrogen-bond donors (Lipinski definition) is 1. The summed E-state index contributed by atoms with van der Waals surface area (Å²) < 4.78 is 26.2. The lowest BCUT2D eigenvalue weighted by Gasteiger charge is -2.02. The van der Waals surface area contributed by atoms with Crippen LogP contribution >= 0.6 is 15.9 Å². The first-order valence-electron chi connectivity index (χ1n) is 9.51. The van der Waals surface area contributed by atoms with Gasteiger partial charge in [-0.15, -0.1) is 0 Å². The van der Waals surface area contributed by atoms with Crippen molar-refractivity contribution in [1.82, 2.24) is 4.98 Å². The fourth-order valence-corrected chi connectivity index (χ4v) is 3.20. The molecule has 4 rings (SSSR count). The van der Waals surface area contributed by atoms with Crippen molar-refractivity contribution < 1.29 is 23.1 Å². The molecule has 0 bridgehead atoms. The lowest BCUT2D eigenvalue weighted by molar-refractivity contribution is -0.131. The topological polar surface area (TPSA) is 81.4 Å². The van der Waals surface area contributed by atoms with E-state index in [1.54, 1.807) is 48.5 Å². The molecule has 0 saturated carbocycles. The predicted octanol–water partition coefficient (Wildman–Crippen LogP) is 5.97. The average molecular weight is 495 g/mol. The van der Waals surface area contributed by atoms with Crippen LogP contribution in [0, 0.1) is 5.82 Å². The minimum atomic E-state index is -0.530. The molecule has 32 heavy (non-hydrogen) atoms. The Morgan fingerprint density at radius 3 is 2.59 bits per heavy atom. The number of rotatable bonds is 5. The second-order valence-electron chi connectivity index (χ2n) is 6.81. The molecule has 6 nitrogen and oxygen atoms in total. The number of anilines is 1. The van der Waals surface area contributed by atoms with Crippen molar-refractivity contribution in [1.29, 1.82) is 0 Å². The molecule has 0 aliphatic carbocycles. The van der Waals surface area contributed by atoms with Crippen LogP contribution in [-0.2, 0) is 9.59 Å². The standard InChI is InChI=1S/C24H16BrFN2O4/c1-14(29)31-19-9-10-22-21(13-19)28-24(32-22)16-3-2-15(20(26)12-16)4-11-23(30)27-18-7-5-17(25)6-8-18/h2-13H,1H3,(H,27,30). The molecule has 1 heterocycles. The quantitative estimate of drug-likeness (QED) is 0.210. The van der Waals surface area contributed by atoms with Crippen LogP contribution in [0.2, 0.25) is 0 Å². The van der Waals surface area contributed by atoms with E-state index in [9.17, 15) is 14.0 Å². The van der Waals surface area contributed by atoms with Crippen LogP contribution in [0.5, 0.6) is 5.75 Å². The summed E-state index contributed by atoms with van der Waals surface area (Å²) in [6, 6.07) is 16.4. The van der Waals surface area contributed by atoms with Crippen molar-refractivity contribution in [3.05, 3.63) is 82.6 Å². The number of nitrogens with one attached hydrogen (secondary N) is 1. The van der Waals surface area contributed by atoms with Gasteiger partial charge in [-0.1, -0.05) is 22.0 Å². The van der Waals surface area contributed by atoms with Gasteiger partial charge in [-0.3, -0.25) is 9.59 Å². The van der Waals surface area contributed by atoms with Crippen molar-refractivity contribution in [2.24, 2.45) is 0 Å². The molecule has 0 aliphatic rings. The molecule has 3 aromatic carbocycles. The molecule has 1 amide bonds. The number of fused-ring (bicyclic) bond motifs is 1. The van der Waals surface area contributed by atoms with Gasteiger partial charge in [0, 0.05) is 40.4 Å². The van der Waals surface area contributed by atoms with Gasteiger partial charge in [-0.25, -0.2) is 9.37 Å². The molecule has 0 unspecified atom stereocenters. The minimum absolute atomic E-state index is 0.224. The Balaban J connectivity index is 1.50. The summed E-state index contributed by atoms with van der Waals surface area (Å²) in [4.78, 5) is 27.5. The number of carbonyl (C=O) groups excluding carboxylic acids is 2. The normalized spacial score (nSPS) is 11.1. The van der Waals surface area contributed by atoms with Gasteiger partial charge in [0.25, 0.3) is 0 Å². The average Bonchev–Trinajstić information content (AvgIpc) is 3.17. The summed E-state index contributed by atoms with van der Waals surface area (Å²) in [6.07, 6.45) is 2.65. The van der Waals surface area contributed by atoms with Gasteiger partial charge in [0.05, 0.1) is 0 Å². The third kappa shape index (κ3) is 5.09. The van der Waals surface area contributed by atoms with Crippen molar-refractivity contribution in [3.8, 4) is 17.2 Å². The zero-order valence-electron chi connectivity index (χ0n) is 16.8. The van der Waals surface area contributed by atoms with Crippen LogP contribution in [0.1, 0.15) is 12.5 Å². The predicted molar refractivity (Wildman–Crippen MR) is 123 cm³/mol. The summed E-state index contributed by atoms with van der Waals surface area (Å²) in [5, 5.41) is 2.70. The first-order chi connectivity index (χ1) is 15.4. The monoisotopic (exact) mass is 494 g/mol. The van der Waals surface area contributed by atoms with Crippen LogP contribution in [0.15, 0.2) is 75.6 Å². The van der Waals surface area contributed by atoms with E-state index in [1.165, 1.54) is 31.2 Å². The van der Waals surface area contributed by atoms with Gasteiger partial charge < -0.3 is 14.5 Å². The molecular formula is C24H16BrFN2O4. The molecule has 160 valence electrons. The summed E-state index contributed by atoms with van der Waals surface area (Å²) >= 11 is 3.33.